The standard InChI is InChI=1S/C35H53FN4O13P2.C24H30FN3O6.C22H29FN4O11P2/c1-10-49-54(45,50-11-2)33(55(46,51-12-3)52-13-4)37-27(41)21-48-32(43)25-20-40(23-14-15-23)28-24(30(25)42)18-26(36)29(31(28)47-9)38-16-17-39(22(5)19-38)34(44)53-35(6,7)8;1-13-11-26(8-9-27(13)23(32)34-24(2,3)4)19-17(25)10-15-18(21(19)33-5)28(14-6-7-14)12-16(20(15)29)22(30)31;1-11-8-26(6-5-24-11)18-15(23)7-13-17(20(18)37-2)27(12-3-4-12)9-14(19(13)29)21(30)38-10-16(28)25-22(39(31,32)33)40(34,35)36/h18,20,22-23,33H,10-17,19,21H2,1-9H3,(H,37,41);10,12-14H,6-9,11H2,1-5H3,(H,30,31);7,9,11-12,22,24H,3-6,8,10H2,1-2H3,(H,25,28)(H2,31,32,33)(H2,34,35,36). The highest BCUT2D eigenvalue weighted by Gasteiger charge is 2.53. The normalized spacial score (nSPS) is 17.7. The van der Waals surface area contributed by atoms with Crippen LogP contribution >= 0.6 is 30.4 Å². The number of pyridine rings is 3. The second-order valence-electron chi connectivity index (χ2n) is 33.4. The van der Waals surface area contributed by atoms with Crippen LogP contribution in [0.5, 0.6) is 17.2 Å². The lowest BCUT2D eigenvalue weighted by atomic mass is 10.1. The maximum absolute atomic E-state index is 16.2. The fourth-order valence-electron chi connectivity index (χ4n) is 15.4. The zero-order chi connectivity index (χ0) is 95.4. The molecule has 0 spiro atoms. The first-order valence-electron chi connectivity index (χ1n) is 41.8. The number of carbonyl (C=O) groups is 7. The summed E-state index contributed by atoms with van der Waals surface area (Å²) in [5.74, 6) is -8.14. The number of esters is 2. The molecule has 712 valence electrons. The number of hydrogen-bond donors (Lipinski definition) is 8. The predicted octanol–water partition coefficient (Wildman–Crippen LogP) is 9.84. The summed E-state index contributed by atoms with van der Waals surface area (Å²) in [7, 11) is -15.6. The first-order chi connectivity index (χ1) is 60.4. The third kappa shape index (κ3) is 23.4. The summed E-state index contributed by atoms with van der Waals surface area (Å²) < 4.78 is 162. The van der Waals surface area contributed by atoms with E-state index in [0.717, 1.165) is 31.0 Å². The molecule has 3 saturated carbocycles. The van der Waals surface area contributed by atoms with Crippen molar-refractivity contribution in [2.75, 3.05) is 135 Å². The number of carbonyl (C=O) groups excluding carboxylic acids is 6. The minimum absolute atomic E-state index is 0.0228. The van der Waals surface area contributed by atoms with Crippen molar-refractivity contribution in [3.63, 3.8) is 0 Å². The minimum atomic E-state index is -5.48. The Kier molecular flexibility index (Phi) is 32.2. The van der Waals surface area contributed by atoms with Gasteiger partial charge in [0, 0.05) is 114 Å². The number of aromatic carboxylic acids is 1. The molecular formula is C81H112F3N11O30P4. The van der Waals surface area contributed by atoms with Gasteiger partial charge in [0.2, 0.25) is 27.3 Å². The Morgan fingerprint density at radius 1 is 0.481 bits per heavy atom. The highest BCUT2D eigenvalue weighted by Crippen LogP contribution is 2.69. The Morgan fingerprint density at radius 2 is 0.791 bits per heavy atom. The summed E-state index contributed by atoms with van der Waals surface area (Å²) in [6.45, 7) is 23.0. The number of halogens is 3. The van der Waals surface area contributed by atoms with E-state index < -0.39 is 158 Å². The van der Waals surface area contributed by atoms with Gasteiger partial charge in [0.15, 0.2) is 47.9 Å². The highest BCUT2D eigenvalue weighted by atomic mass is 31.2. The molecule has 6 aromatic rings. The van der Waals surface area contributed by atoms with Gasteiger partial charge in [-0.3, -0.25) is 42.2 Å². The number of benzene rings is 3. The number of methoxy groups -OCH3 is 3. The summed E-state index contributed by atoms with van der Waals surface area (Å²) in [6, 6.07) is 2.39. The van der Waals surface area contributed by atoms with Gasteiger partial charge in [-0.15, -0.1) is 0 Å². The summed E-state index contributed by atoms with van der Waals surface area (Å²) >= 11 is 0. The Balaban J connectivity index is 0.000000208. The first-order valence-corrected chi connectivity index (χ1v) is 48.4. The zero-order valence-corrected chi connectivity index (χ0v) is 78.0. The van der Waals surface area contributed by atoms with E-state index in [0.29, 0.717) is 70.5 Å². The van der Waals surface area contributed by atoms with Gasteiger partial charge in [-0.1, -0.05) is 0 Å². The Bertz CT molecular complexity index is 5610. The Hall–Kier alpha value is -9.67. The van der Waals surface area contributed by atoms with E-state index in [1.807, 2.05) is 25.7 Å². The van der Waals surface area contributed by atoms with Crippen molar-refractivity contribution in [2.24, 2.45) is 0 Å². The molecule has 3 saturated heterocycles. The van der Waals surface area contributed by atoms with Gasteiger partial charge in [0.1, 0.15) is 45.0 Å². The SMILES string of the molecule is CCOP(=O)(OCC)C(NC(=O)COC(=O)c1cn(C2CC2)c2c(OC)c(N3CCN(C(=O)OC(C)(C)C)C(C)C3)c(F)cc2c1=O)P(=O)(OCC)OCC.COc1c(N2CCN(C(=O)OC(C)(C)C)C(C)C2)c(F)cc2c(=O)c(C(=O)O)cn(C3CC3)c12.COc1c(N2CCNC(C)C2)c(F)cc2c(=O)c(C(=O)OCC(=O)NC(P(=O)(O)O)P(=O)(O)O)cn(C3CC3)c12. The summed E-state index contributed by atoms with van der Waals surface area (Å²) in [5.41, 5.74) is -8.54. The van der Waals surface area contributed by atoms with Crippen LogP contribution in [0.4, 0.5) is 39.8 Å². The molecular weight excluding hydrogens is 1790 g/mol. The van der Waals surface area contributed by atoms with E-state index in [4.69, 9.17) is 70.8 Å². The van der Waals surface area contributed by atoms with Crippen molar-refractivity contribution in [1.29, 1.82) is 0 Å². The smallest absolute Gasteiger partial charge is 0.410 e. The number of hydrogen-bond acceptors (Lipinski definition) is 29. The van der Waals surface area contributed by atoms with E-state index in [-0.39, 0.29) is 144 Å². The number of fused-ring (bicyclic) bond motifs is 3. The molecule has 4 amide bonds. The van der Waals surface area contributed by atoms with Gasteiger partial charge < -0.3 is 130 Å². The number of anilines is 3. The third-order valence-corrected chi connectivity index (χ3v) is 30.2. The third-order valence-electron chi connectivity index (χ3n) is 21.2. The molecule has 3 aromatic carbocycles. The largest absolute Gasteiger partial charge is 0.492 e. The molecule has 0 radical (unpaired) electrons. The summed E-state index contributed by atoms with van der Waals surface area (Å²) in [6.07, 6.45) is 7.45. The topological polar surface area (TPSA) is 509 Å². The van der Waals surface area contributed by atoms with Crippen LogP contribution in [0.25, 0.3) is 32.7 Å². The number of carboxylic acid groups (broad SMARTS) is 1. The molecule has 3 aliphatic carbocycles. The quantitative estimate of drug-likeness (QED) is 0.0118. The predicted molar refractivity (Wildman–Crippen MR) is 465 cm³/mol. The highest BCUT2D eigenvalue weighted by molar-refractivity contribution is 7.72. The van der Waals surface area contributed by atoms with Crippen molar-refractivity contribution >= 4 is 122 Å². The van der Waals surface area contributed by atoms with Gasteiger partial charge in [0.05, 0.1) is 80.5 Å². The fourth-order valence-corrected chi connectivity index (χ4v) is 22.5. The summed E-state index contributed by atoms with van der Waals surface area (Å²) in [4.78, 5) is 174. The number of piperazine rings is 3. The average molecular weight is 1900 g/mol. The van der Waals surface area contributed by atoms with Gasteiger partial charge in [0.25, 0.3) is 11.8 Å². The lowest BCUT2D eigenvalue weighted by Crippen LogP contribution is -2.55. The van der Waals surface area contributed by atoms with Crippen molar-refractivity contribution in [1.82, 2.24) is 39.5 Å². The van der Waals surface area contributed by atoms with Gasteiger partial charge in [-0.05, 0) is 147 Å². The van der Waals surface area contributed by atoms with Crippen molar-refractivity contribution in [3.8, 4) is 17.2 Å². The summed E-state index contributed by atoms with van der Waals surface area (Å²) in [5, 5.41) is 16.2. The second-order valence-corrected chi connectivity index (χ2v) is 41.9. The van der Waals surface area contributed by atoms with E-state index in [1.165, 1.54) is 72.9 Å². The monoisotopic (exact) mass is 1900 g/mol. The molecule has 0 bridgehead atoms. The molecule has 6 heterocycles. The van der Waals surface area contributed by atoms with E-state index in [1.54, 1.807) is 74.8 Å². The second kappa shape index (κ2) is 41.0. The van der Waals surface area contributed by atoms with Crippen LogP contribution in [-0.2, 0) is 64.9 Å². The van der Waals surface area contributed by atoms with E-state index in [9.17, 15) is 71.3 Å². The van der Waals surface area contributed by atoms with E-state index >= 15 is 13.2 Å². The number of aromatic nitrogens is 3. The Labute approximate surface area is 739 Å². The lowest BCUT2D eigenvalue weighted by Gasteiger charge is -2.41. The number of amides is 4. The number of nitrogens with one attached hydrogen (secondary N) is 3. The fraction of sp³-hybridized carbons (Fsp3) is 0.580. The van der Waals surface area contributed by atoms with Crippen LogP contribution in [0.2, 0.25) is 0 Å². The first kappa shape index (κ1) is 101. The maximum atomic E-state index is 16.2. The van der Waals surface area contributed by atoms with E-state index in [2.05, 4.69) is 10.6 Å². The molecule has 6 fully saturated rings. The van der Waals surface area contributed by atoms with Crippen LogP contribution in [0.15, 0.2) is 51.2 Å². The molecule has 3 aliphatic heterocycles. The van der Waals surface area contributed by atoms with Crippen molar-refractivity contribution in [2.45, 2.75) is 187 Å². The van der Waals surface area contributed by atoms with Crippen LogP contribution in [0, 0.1) is 17.5 Å². The molecule has 129 heavy (non-hydrogen) atoms. The van der Waals surface area contributed by atoms with Gasteiger partial charge in [-0.25, -0.2) is 37.1 Å². The van der Waals surface area contributed by atoms with Crippen molar-refractivity contribution < 1.29 is 141 Å². The van der Waals surface area contributed by atoms with Gasteiger partial charge in [-0.2, -0.15) is 0 Å². The Morgan fingerprint density at radius 3 is 1.07 bits per heavy atom. The molecule has 3 aromatic heterocycles. The van der Waals surface area contributed by atoms with Crippen molar-refractivity contribution in [3.05, 3.63) is 102 Å². The van der Waals surface area contributed by atoms with Crippen LogP contribution in [-0.4, -0.2) is 250 Å². The molecule has 41 nitrogen and oxygen atoms in total. The number of rotatable bonds is 30. The average Bonchev–Trinajstić information content (AvgIpc) is 1.62. The molecule has 12 rings (SSSR count). The number of carboxylic acids is 1. The molecule has 3 unspecified atom stereocenters. The number of ether oxygens (including phenoxy) is 7. The van der Waals surface area contributed by atoms with Gasteiger partial charge >= 0.3 is 60.5 Å². The van der Waals surface area contributed by atoms with Crippen LogP contribution in [0.1, 0.15) is 178 Å². The van der Waals surface area contributed by atoms with Crippen LogP contribution in [0.3, 0.4) is 0 Å². The number of nitrogens with zero attached hydrogens (tertiary/aromatic N) is 8. The zero-order valence-electron chi connectivity index (χ0n) is 74.4. The lowest BCUT2D eigenvalue weighted by molar-refractivity contribution is -0.124. The molecule has 6 aliphatic rings. The minimum Gasteiger partial charge on any atom is -0.492 e. The molecule has 48 heteroatoms. The maximum Gasteiger partial charge on any atom is 0.410 e. The molecule has 8 N–H and O–H groups in total. The molecule has 3 atom stereocenters. The van der Waals surface area contributed by atoms with Crippen LogP contribution < -0.4 is 61.1 Å².